The number of hydrogen-bond acceptors (Lipinski definition) is 6. The second-order valence-corrected chi connectivity index (χ2v) is 16.1. The van der Waals surface area contributed by atoms with Crippen molar-refractivity contribution in [2.75, 3.05) is 40.5 Å². The van der Waals surface area contributed by atoms with Crippen LogP contribution in [0.2, 0.25) is 0 Å². The molecule has 244 valence electrons. The SMILES string of the molecule is Cc1ccc2c(c1)[C@@H]1C[C@]1(C(=O)N1C3COCC1COC3)Cn1c-2c(C2CCCCC2)c2ccc(C(=O)NS(=O)(=O)N(C)C)cc21. The molecule has 10 nitrogen and oxygen atoms in total. The van der Waals surface area contributed by atoms with Gasteiger partial charge in [0.15, 0.2) is 0 Å². The molecule has 2 saturated carbocycles. The second-order valence-electron chi connectivity index (χ2n) is 14.2. The average molecular weight is 647 g/mol. The number of carbonyl (C=O) groups is 2. The van der Waals surface area contributed by atoms with Crippen molar-refractivity contribution in [1.29, 1.82) is 0 Å². The van der Waals surface area contributed by atoms with Gasteiger partial charge in [-0.15, -0.1) is 0 Å². The fraction of sp³-hybridized carbons (Fsp3) is 0.543. The maximum atomic E-state index is 14.9. The predicted molar refractivity (Wildman–Crippen MR) is 174 cm³/mol. The normalized spacial score (nSPS) is 27.5. The van der Waals surface area contributed by atoms with Crippen LogP contribution in [0.3, 0.4) is 0 Å². The lowest BCUT2D eigenvalue weighted by atomic mass is 9.81. The zero-order valence-corrected chi connectivity index (χ0v) is 27.6. The van der Waals surface area contributed by atoms with Gasteiger partial charge in [0.05, 0.1) is 49.6 Å². The van der Waals surface area contributed by atoms with E-state index in [2.05, 4.69) is 39.3 Å². The largest absolute Gasteiger partial charge is 0.377 e. The second kappa shape index (κ2) is 10.9. The zero-order chi connectivity index (χ0) is 32.0. The third-order valence-corrected chi connectivity index (χ3v) is 12.5. The molecule has 4 fully saturated rings. The molecule has 1 N–H and O–H groups in total. The van der Waals surface area contributed by atoms with Gasteiger partial charge in [0.2, 0.25) is 5.91 Å². The first-order valence-electron chi connectivity index (χ1n) is 16.6. The molecule has 2 aromatic carbocycles. The number of aryl methyl sites for hydroxylation is 1. The average Bonchev–Trinajstić information content (AvgIpc) is 3.70. The predicted octanol–water partition coefficient (Wildman–Crippen LogP) is 4.31. The molecule has 2 saturated heterocycles. The van der Waals surface area contributed by atoms with Gasteiger partial charge >= 0.3 is 10.2 Å². The first-order valence-corrected chi connectivity index (χ1v) is 18.0. The summed E-state index contributed by atoms with van der Waals surface area (Å²) in [6.45, 7) is 4.55. The van der Waals surface area contributed by atoms with Crippen LogP contribution in [0.25, 0.3) is 22.2 Å². The Labute approximate surface area is 270 Å². The number of morpholine rings is 2. The first kappa shape index (κ1) is 30.1. The molecule has 0 unspecified atom stereocenters. The fourth-order valence-corrected chi connectivity index (χ4v) is 9.22. The lowest BCUT2D eigenvalue weighted by Gasteiger charge is -2.47. The fourth-order valence-electron chi connectivity index (χ4n) is 8.69. The Balaban J connectivity index is 1.32. The lowest BCUT2D eigenvalue weighted by Crippen LogP contribution is -2.63. The number of benzene rings is 2. The van der Waals surface area contributed by atoms with E-state index in [9.17, 15) is 18.0 Å². The Hall–Kier alpha value is -3.25. The van der Waals surface area contributed by atoms with Gasteiger partial charge in [-0.1, -0.05) is 49.1 Å². The highest BCUT2D eigenvalue weighted by atomic mass is 32.2. The molecule has 0 spiro atoms. The summed E-state index contributed by atoms with van der Waals surface area (Å²) in [5, 5.41) is 1.08. The molecule has 2 aliphatic carbocycles. The van der Waals surface area contributed by atoms with E-state index in [1.54, 1.807) is 6.07 Å². The Bertz CT molecular complexity index is 1840. The molecule has 11 heteroatoms. The Morgan fingerprint density at radius 2 is 1.65 bits per heavy atom. The lowest BCUT2D eigenvalue weighted by molar-refractivity contribution is -0.173. The highest BCUT2D eigenvalue weighted by Gasteiger charge is 2.65. The third-order valence-electron chi connectivity index (χ3n) is 11.1. The van der Waals surface area contributed by atoms with E-state index in [0.717, 1.165) is 40.2 Å². The number of nitrogens with one attached hydrogen (secondary N) is 1. The van der Waals surface area contributed by atoms with E-state index in [1.807, 2.05) is 12.1 Å². The van der Waals surface area contributed by atoms with Crippen molar-refractivity contribution in [3.63, 3.8) is 0 Å². The van der Waals surface area contributed by atoms with Gasteiger partial charge < -0.3 is 18.9 Å². The van der Waals surface area contributed by atoms with Gasteiger partial charge in [0.25, 0.3) is 5.91 Å². The van der Waals surface area contributed by atoms with E-state index in [4.69, 9.17) is 9.47 Å². The van der Waals surface area contributed by atoms with Crippen molar-refractivity contribution in [3.05, 3.63) is 58.7 Å². The monoisotopic (exact) mass is 646 g/mol. The number of amides is 2. The summed E-state index contributed by atoms with van der Waals surface area (Å²) in [6.07, 6.45) is 6.54. The van der Waals surface area contributed by atoms with E-state index < -0.39 is 21.5 Å². The smallest absolute Gasteiger partial charge is 0.303 e. The molecular formula is C35H42N4O6S. The Kier molecular flexibility index (Phi) is 7.13. The molecule has 0 radical (unpaired) electrons. The number of nitrogens with zero attached hydrogens (tertiary/aromatic N) is 3. The van der Waals surface area contributed by atoms with Crippen LogP contribution >= 0.6 is 0 Å². The van der Waals surface area contributed by atoms with Crippen molar-refractivity contribution >= 4 is 32.9 Å². The maximum absolute atomic E-state index is 14.9. The minimum Gasteiger partial charge on any atom is -0.377 e. The van der Waals surface area contributed by atoms with Gasteiger partial charge in [-0.25, -0.2) is 4.72 Å². The van der Waals surface area contributed by atoms with Crippen molar-refractivity contribution in [2.24, 2.45) is 5.41 Å². The van der Waals surface area contributed by atoms with Gasteiger partial charge in [-0.2, -0.15) is 12.7 Å². The molecule has 1 aromatic heterocycles. The molecule has 8 rings (SSSR count). The van der Waals surface area contributed by atoms with Crippen LogP contribution in [0.1, 0.15) is 77.4 Å². The van der Waals surface area contributed by atoms with Crippen LogP contribution in [-0.2, 0) is 31.0 Å². The van der Waals surface area contributed by atoms with Crippen LogP contribution in [-0.4, -0.2) is 86.6 Å². The highest BCUT2D eigenvalue weighted by Crippen LogP contribution is 2.66. The summed E-state index contributed by atoms with van der Waals surface area (Å²) in [4.78, 5) is 30.3. The summed E-state index contributed by atoms with van der Waals surface area (Å²) >= 11 is 0. The minimum atomic E-state index is -3.96. The van der Waals surface area contributed by atoms with E-state index in [-0.39, 0.29) is 29.5 Å². The summed E-state index contributed by atoms with van der Waals surface area (Å²) in [6, 6.07) is 12.0. The van der Waals surface area contributed by atoms with Crippen LogP contribution in [0.15, 0.2) is 36.4 Å². The van der Waals surface area contributed by atoms with E-state index in [1.165, 1.54) is 55.6 Å². The van der Waals surface area contributed by atoms with Crippen molar-refractivity contribution in [1.82, 2.24) is 18.5 Å². The Morgan fingerprint density at radius 3 is 2.33 bits per heavy atom. The third kappa shape index (κ3) is 4.64. The van der Waals surface area contributed by atoms with Crippen LogP contribution in [0, 0.1) is 12.3 Å². The molecule has 2 bridgehead atoms. The summed E-state index contributed by atoms with van der Waals surface area (Å²) < 4.78 is 42.3. The topological polar surface area (TPSA) is 110 Å². The van der Waals surface area contributed by atoms with Crippen LogP contribution in [0.4, 0.5) is 0 Å². The number of hydrogen-bond donors (Lipinski definition) is 1. The van der Waals surface area contributed by atoms with Crippen molar-refractivity contribution in [3.8, 4) is 11.3 Å². The molecule has 3 aromatic rings. The molecular weight excluding hydrogens is 604 g/mol. The van der Waals surface area contributed by atoms with E-state index in [0.29, 0.717) is 38.9 Å². The van der Waals surface area contributed by atoms with Crippen molar-refractivity contribution < 1.29 is 27.5 Å². The number of fused-ring (bicyclic) bond motifs is 9. The molecule has 3 aliphatic heterocycles. The standard InChI is InChI=1S/C35H42N4O6S/c1-21-9-11-26-28(13-21)29-15-35(29,34(41)39-24-16-44-18-25(39)19-45-17-24)20-38-30-14-23(33(40)36-46(42,43)37(2)3)10-12-27(30)31(32(26)38)22-7-5-4-6-8-22/h9-14,22,24-25,29H,4-8,15-20H2,1-3H3,(H,36,40)/t24?,25?,29-,35-/m0/s1. The number of aromatic nitrogens is 1. The number of ether oxygens (including phenoxy) is 2. The van der Waals surface area contributed by atoms with Gasteiger partial charge in [-0.3, -0.25) is 9.59 Å². The van der Waals surface area contributed by atoms with Crippen molar-refractivity contribution in [2.45, 2.75) is 75.9 Å². The molecule has 4 heterocycles. The molecule has 2 amide bonds. The van der Waals surface area contributed by atoms with Gasteiger partial charge in [0.1, 0.15) is 0 Å². The molecule has 46 heavy (non-hydrogen) atoms. The minimum absolute atomic E-state index is 0.0882. The summed E-state index contributed by atoms with van der Waals surface area (Å²) in [5.74, 6) is -0.0461. The van der Waals surface area contributed by atoms with Gasteiger partial charge in [-0.05, 0) is 55.4 Å². The first-order chi connectivity index (χ1) is 22.1. The zero-order valence-electron chi connectivity index (χ0n) is 26.8. The maximum Gasteiger partial charge on any atom is 0.303 e. The summed E-state index contributed by atoms with van der Waals surface area (Å²) in [5.41, 5.74) is 6.56. The van der Waals surface area contributed by atoms with Crippen LogP contribution in [0.5, 0.6) is 0 Å². The quantitative estimate of drug-likeness (QED) is 0.443. The number of carbonyl (C=O) groups excluding carboxylic acids is 2. The summed E-state index contributed by atoms with van der Waals surface area (Å²) in [7, 11) is -1.19. The van der Waals surface area contributed by atoms with Crippen LogP contribution < -0.4 is 4.72 Å². The van der Waals surface area contributed by atoms with E-state index >= 15 is 0 Å². The molecule has 2 atom stereocenters. The highest BCUT2D eigenvalue weighted by molar-refractivity contribution is 7.87. The Morgan fingerprint density at radius 1 is 0.957 bits per heavy atom. The molecule has 5 aliphatic rings. The van der Waals surface area contributed by atoms with Gasteiger partial charge in [0, 0.05) is 48.6 Å². The number of rotatable bonds is 5.